The molecule has 1 fully saturated rings. The summed E-state index contributed by atoms with van der Waals surface area (Å²) in [7, 11) is 0. The molecule has 0 radical (unpaired) electrons. The van der Waals surface area contributed by atoms with Gasteiger partial charge in [-0.3, -0.25) is 4.90 Å². The van der Waals surface area contributed by atoms with E-state index in [4.69, 9.17) is 9.47 Å². The monoisotopic (exact) mass is 387 g/mol. The minimum absolute atomic E-state index is 0.0573. The second kappa shape index (κ2) is 9.50. The van der Waals surface area contributed by atoms with Crippen molar-refractivity contribution in [3.63, 3.8) is 0 Å². The zero-order valence-corrected chi connectivity index (χ0v) is 16.3. The molecule has 3 aromatic rings. The first-order valence-corrected chi connectivity index (χ1v) is 9.93. The molecular formula is C25H25NO3. The van der Waals surface area contributed by atoms with Gasteiger partial charge in [-0.2, -0.15) is 0 Å². The number of benzene rings is 3. The van der Waals surface area contributed by atoms with E-state index < -0.39 is 0 Å². The summed E-state index contributed by atoms with van der Waals surface area (Å²) in [5.74, 6) is 0.834. The van der Waals surface area contributed by atoms with Crippen molar-refractivity contribution in [3.8, 4) is 5.75 Å². The van der Waals surface area contributed by atoms with Gasteiger partial charge in [0.1, 0.15) is 18.6 Å². The Bertz CT molecular complexity index is 896. The summed E-state index contributed by atoms with van der Waals surface area (Å²) in [5.41, 5.74) is 3.44. The average Bonchev–Trinajstić information content (AvgIpc) is 2.79. The number of rotatable bonds is 7. The maximum absolute atomic E-state index is 11.5. The quantitative estimate of drug-likeness (QED) is 0.563. The molecule has 29 heavy (non-hydrogen) atoms. The maximum atomic E-state index is 11.5. The molecule has 1 aliphatic rings. The summed E-state index contributed by atoms with van der Waals surface area (Å²) < 4.78 is 11.9. The van der Waals surface area contributed by atoms with Crippen molar-refractivity contribution in [2.75, 3.05) is 13.2 Å². The Hall–Kier alpha value is -2.95. The molecule has 0 amide bonds. The Morgan fingerprint density at radius 2 is 1.55 bits per heavy atom. The number of aldehydes is 1. The summed E-state index contributed by atoms with van der Waals surface area (Å²) in [4.78, 5) is 13.7. The Labute approximate surface area is 171 Å². The SMILES string of the molecule is O=CC1COC(c2ccc(OCc3ccccc3)cc2)CN1Cc1ccccc1. The highest BCUT2D eigenvalue weighted by Gasteiger charge is 2.29. The van der Waals surface area contributed by atoms with Crippen LogP contribution < -0.4 is 4.74 Å². The smallest absolute Gasteiger partial charge is 0.139 e. The predicted octanol–water partition coefficient (Wildman–Crippen LogP) is 4.41. The minimum Gasteiger partial charge on any atom is -0.489 e. The molecule has 3 aromatic carbocycles. The number of hydrogen-bond donors (Lipinski definition) is 0. The molecular weight excluding hydrogens is 362 g/mol. The Balaban J connectivity index is 1.39. The van der Waals surface area contributed by atoms with Crippen molar-refractivity contribution in [2.45, 2.75) is 25.3 Å². The van der Waals surface area contributed by atoms with Crippen molar-refractivity contribution >= 4 is 6.29 Å². The lowest BCUT2D eigenvalue weighted by molar-refractivity contribution is -0.124. The minimum atomic E-state index is -0.208. The summed E-state index contributed by atoms with van der Waals surface area (Å²) in [6.45, 7) is 2.38. The van der Waals surface area contributed by atoms with E-state index in [0.717, 1.165) is 29.7 Å². The third-order valence-corrected chi connectivity index (χ3v) is 5.22. The molecule has 2 atom stereocenters. The van der Waals surface area contributed by atoms with Gasteiger partial charge in [0, 0.05) is 13.1 Å². The average molecular weight is 387 g/mol. The van der Waals surface area contributed by atoms with E-state index >= 15 is 0 Å². The molecule has 1 saturated heterocycles. The van der Waals surface area contributed by atoms with Crippen LogP contribution in [0.2, 0.25) is 0 Å². The Kier molecular flexibility index (Phi) is 6.35. The molecule has 4 heteroatoms. The van der Waals surface area contributed by atoms with Crippen LogP contribution in [0.5, 0.6) is 5.75 Å². The van der Waals surface area contributed by atoms with Crippen LogP contribution >= 0.6 is 0 Å². The van der Waals surface area contributed by atoms with Crippen LogP contribution in [0.3, 0.4) is 0 Å². The van der Waals surface area contributed by atoms with E-state index in [1.54, 1.807) is 0 Å². The van der Waals surface area contributed by atoms with Gasteiger partial charge in [0.25, 0.3) is 0 Å². The second-order valence-corrected chi connectivity index (χ2v) is 7.28. The topological polar surface area (TPSA) is 38.8 Å². The van der Waals surface area contributed by atoms with Crippen molar-refractivity contribution in [3.05, 3.63) is 102 Å². The van der Waals surface area contributed by atoms with Gasteiger partial charge in [0.05, 0.1) is 18.8 Å². The molecule has 0 spiro atoms. The van der Waals surface area contributed by atoms with Crippen molar-refractivity contribution in [2.24, 2.45) is 0 Å². The lowest BCUT2D eigenvalue weighted by Crippen LogP contribution is -2.46. The van der Waals surface area contributed by atoms with Gasteiger partial charge < -0.3 is 14.3 Å². The number of ether oxygens (including phenoxy) is 2. The highest BCUT2D eigenvalue weighted by molar-refractivity contribution is 5.58. The van der Waals surface area contributed by atoms with Crippen LogP contribution in [0.1, 0.15) is 22.8 Å². The Morgan fingerprint density at radius 3 is 2.21 bits per heavy atom. The van der Waals surface area contributed by atoms with Gasteiger partial charge in [-0.05, 0) is 28.8 Å². The zero-order chi connectivity index (χ0) is 19.9. The summed E-state index contributed by atoms with van der Waals surface area (Å²) in [6.07, 6.45) is 0.928. The van der Waals surface area contributed by atoms with Crippen LogP contribution in [0.15, 0.2) is 84.9 Å². The van der Waals surface area contributed by atoms with Crippen LogP contribution in [-0.2, 0) is 22.7 Å². The van der Waals surface area contributed by atoms with Crippen LogP contribution in [0.25, 0.3) is 0 Å². The van der Waals surface area contributed by atoms with E-state index in [-0.39, 0.29) is 12.1 Å². The molecule has 148 valence electrons. The summed E-state index contributed by atoms with van der Waals surface area (Å²) in [5, 5.41) is 0. The number of hydrogen-bond acceptors (Lipinski definition) is 4. The van der Waals surface area contributed by atoms with E-state index in [1.165, 1.54) is 5.56 Å². The van der Waals surface area contributed by atoms with Crippen molar-refractivity contribution < 1.29 is 14.3 Å². The number of carbonyl (C=O) groups is 1. The van der Waals surface area contributed by atoms with Crippen molar-refractivity contribution in [1.29, 1.82) is 0 Å². The molecule has 4 nitrogen and oxygen atoms in total. The molecule has 0 aromatic heterocycles. The second-order valence-electron chi connectivity index (χ2n) is 7.28. The van der Waals surface area contributed by atoms with Gasteiger partial charge >= 0.3 is 0 Å². The van der Waals surface area contributed by atoms with Gasteiger partial charge in [0.15, 0.2) is 0 Å². The fraction of sp³-hybridized carbons (Fsp3) is 0.240. The normalized spacial score (nSPS) is 19.6. The number of morpholine rings is 1. The molecule has 0 N–H and O–H groups in total. The summed E-state index contributed by atoms with van der Waals surface area (Å²) in [6, 6.07) is 28.2. The van der Waals surface area contributed by atoms with Gasteiger partial charge in [-0.15, -0.1) is 0 Å². The molecule has 0 aliphatic carbocycles. The first-order valence-electron chi connectivity index (χ1n) is 9.93. The predicted molar refractivity (Wildman–Crippen MR) is 113 cm³/mol. The lowest BCUT2D eigenvalue weighted by atomic mass is 10.0. The van der Waals surface area contributed by atoms with Crippen LogP contribution in [0.4, 0.5) is 0 Å². The van der Waals surface area contributed by atoms with Crippen LogP contribution in [0, 0.1) is 0 Å². The van der Waals surface area contributed by atoms with Crippen LogP contribution in [-0.4, -0.2) is 30.4 Å². The molecule has 1 heterocycles. The maximum Gasteiger partial charge on any atom is 0.139 e. The number of carbonyl (C=O) groups excluding carboxylic acids is 1. The fourth-order valence-corrected chi connectivity index (χ4v) is 3.57. The van der Waals surface area contributed by atoms with Crippen molar-refractivity contribution in [1.82, 2.24) is 4.90 Å². The van der Waals surface area contributed by atoms with E-state index in [2.05, 4.69) is 29.2 Å². The molecule has 1 aliphatic heterocycles. The van der Waals surface area contributed by atoms with E-state index in [0.29, 0.717) is 19.8 Å². The third kappa shape index (κ3) is 5.11. The first-order chi connectivity index (χ1) is 14.3. The fourth-order valence-electron chi connectivity index (χ4n) is 3.57. The molecule has 4 rings (SSSR count). The Morgan fingerprint density at radius 1 is 0.897 bits per heavy atom. The number of nitrogens with zero attached hydrogens (tertiary/aromatic N) is 1. The standard InChI is InChI=1S/C25H25NO3/c27-17-23-19-29-25(16-26(23)15-20-7-3-1-4-8-20)22-11-13-24(14-12-22)28-18-21-9-5-2-6-10-21/h1-14,17,23,25H,15-16,18-19H2. The van der Waals surface area contributed by atoms with Gasteiger partial charge in [-0.25, -0.2) is 0 Å². The van der Waals surface area contributed by atoms with Gasteiger partial charge in [-0.1, -0.05) is 72.8 Å². The zero-order valence-electron chi connectivity index (χ0n) is 16.3. The molecule has 0 bridgehead atoms. The molecule has 2 unspecified atom stereocenters. The highest BCUT2D eigenvalue weighted by atomic mass is 16.5. The first kappa shape index (κ1) is 19.4. The third-order valence-electron chi connectivity index (χ3n) is 5.22. The van der Waals surface area contributed by atoms with Gasteiger partial charge in [0.2, 0.25) is 0 Å². The molecule has 0 saturated carbocycles. The van der Waals surface area contributed by atoms with E-state index in [9.17, 15) is 4.79 Å². The highest BCUT2D eigenvalue weighted by Crippen LogP contribution is 2.27. The van der Waals surface area contributed by atoms with E-state index in [1.807, 2.05) is 60.7 Å². The summed E-state index contributed by atoms with van der Waals surface area (Å²) >= 11 is 0. The lowest BCUT2D eigenvalue weighted by Gasteiger charge is -2.37. The largest absolute Gasteiger partial charge is 0.489 e.